The predicted molar refractivity (Wildman–Crippen MR) is 95.8 cm³/mol. The number of hydrogen-bond acceptors (Lipinski definition) is 5. The number of halogens is 2. The number of amides is 1. The minimum absolute atomic E-state index is 0.0408. The minimum Gasteiger partial charge on any atom is -0.508 e. The van der Waals surface area contributed by atoms with Gasteiger partial charge < -0.3 is 15.5 Å². The quantitative estimate of drug-likeness (QED) is 0.422. The number of nitrogens with one attached hydrogen (secondary N) is 2. The van der Waals surface area contributed by atoms with E-state index in [0.717, 1.165) is 14.6 Å². The van der Waals surface area contributed by atoms with Gasteiger partial charge in [0, 0.05) is 26.3 Å². The van der Waals surface area contributed by atoms with Gasteiger partial charge in [-0.15, -0.1) is 0 Å². The van der Waals surface area contributed by atoms with Crippen molar-refractivity contribution >= 4 is 49.7 Å². The number of phenolic OH excluding ortho intramolecular Hbond substituents is 2. The molecule has 0 heterocycles. The summed E-state index contributed by atoms with van der Waals surface area (Å²) < 4.78 is 1.76. The molecule has 2 aromatic rings. The first-order chi connectivity index (χ1) is 11.0. The Morgan fingerprint density at radius 3 is 2.65 bits per heavy atom. The summed E-state index contributed by atoms with van der Waals surface area (Å²) in [5.41, 5.74) is 3.51. The molecule has 0 atom stereocenters. The molecule has 23 heavy (non-hydrogen) atoms. The van der Waals surface area contributed by atoms with Crippen LogP contribution in [0.3, 0.4) is 0 Å². The first-order valence-electron chi connectivity index (χ1n) is 6.48. The molecule has 8 heteroatoms. The fraction of sp³-hybridized carbons (Fsp3) is 0.0667. The average molecular weight is 443 g/mol. The van der Waals surface area contributed by atoms with Gasteiger partial charge in [0.1, 0.15) is 11.5 Å². The number of hydrazone groups is 1. The van der Waals surface area contributed by atoms with Crippen molar-refractivity contribution in [1.82, 2.24) is 5.43 Å². The number of nitrogens with zero attached hydrogens (tertiary/aromatic N) is 1. The molecule has 0 unspecified atom stereocenters. The average Bonchev–Trinajstić information content (AvgIpc) is 2.48. The lowest BCUT2D eigenvalue weighted by atomic mass is 10.2. The molecule has 0 aliphatic rings. The van der Waals surface area contributed by atoms with Gasteiger partial charge in [-0.1, -0.05) is 15.9 Å². The van der Waals surface area contributed by atoms with Gasteiger partial charge in [0.25, 0.3) is 5.91 Å². The summed E-state index contributed by atoms with van der Waals surface area (Å²) >= 11 is 6.74. The van der Waals surface area contributed by atoms with Crippen molar-refractivity contribution in [2.24, 2.45) is 5.10 Å². The maximum absolute atomic E-state index is 11.7. The summed E-state index contributed by atoms with van der Waals surface area (Å²) in [5.74, 6) is -0.512. The van der Waals surface area contributed by atoms with Crippen LogP contribution in [-0.2, 0) is 4.79 Å². The number of phenols is 2. The lowest BCUT2D eigenvalue weighted by molar-refractivity contribution is -0.119. The predicted octanol–water partition coefficient (Wildman–Crippen LogP) is 3.19. The Labute approximate surface area is 149 Å². The van der Waals surface area contributed by atoms with Crippen LogP contribution in [0.25, 0.3) is 0 Å². The second kappa shape index (κ2) is 7.98. The molecule has 0 aliphatic heterocycles. The Morgan fingerprint density at radius 1 is 1.17 bits per heavy atom. The van der Waals surface area contributed by atoms with Gasteiger partial charge in [-0.3, -0.25) is 4.79 Å². The van der Waals surface area contributed by atoms with E-state index in [9.17, 15) is 15.0 Å². The molecule has 120 valence electrons. The molecule has 0 spiro atoms. The van der Waals surface area contributed by atoms with Crippen LogP contribution in [0.5, 0.6) is 11.5 Å². The second-order valence-corrected chi connectivity index (χ2v) is 6.28. The largest absolute Gasteiger partial charge is 0.508 e. The topological polar surface area (TPSA) is 94.0 Å². The molecule has 2 rings (SSSR count). The van der Waals surface area contributed by atoms with Gasteiger partial charge in [-0.2, -0.15) is 5.10 Å². The van der Waals surface area contributed by atoms with Crippen LogP contribution in [0.4, 0.5) is 5.69 Å². The van der Waals surface area contributed by atoms with Gasteiger partial charge in [-0.25, -0.2) is 5.43 Å². The monoisotopic (exact) mass is 441 g/mol. The van der Waals surface area contributed by atoms with E-state index in [0.29, 0.717) is 5.56 Å². The number of carbonyl (C=O) groups is 1. The Kier molecular flexibility index (Phi) is 6.00. The third-order valence-corrected chi connectivity index (χ3v) is 3.93. The van der Waals surface area contributed by atoms with Crippen molar-refractivity contribution in [3.63, 3.8) is 0 Å². The molecule has 6 nitrogen and oxygen atoms in total. The van der Waals surface area contributed by atoms with Crippen molar-refractivity contribution in [2.75, 3.05) is 11.9 Å². The van der Waals surface area contributed by atoms with E-state index in [1.54, 1.807) is 0 Å². The number of benzene rings is 2. The number of rotatable bonds is 5. The number of aromatic hydroxyl groups is 2. The highest BCUT2D eigenvalue weighted by Crippen LogP contribution is 2.25. The van der Waals surface area contributed by atoms with Crippen LogP contribution in [0.15, 0.2) is 50.4 Å². The van der Waals surface area contributed by atoms with Crippen molar-refractivity contribution in [2.45, 2.75) is 0 Å². The Morgan fingerprint density at radius 2 is 1.96 bits per heavy atom. The van der Waals surface area contributed by atoms with E-state index in [2.05, 4.69) is 47.7 Å². The van der Waals surface area contributed by atoms with Gasteiger partial charge in [0.15, 0.2) is 0 Å². The summed E-state index contributed by atoms with van der Waals surface area (Å²) in [6.07, 6.45) is 1.29. The highest BCUT2D eigenvalue weighted by atomic mass is 79.9. The van der Waals surface area contributed by atoms with Crippen molar-refractivity contribution in [3.05, 3.63) is 50.9 Å². The molecule has 0 fully saturated rings. The fourth-order valence-electron chi connectivity index (χ4n) is 1.66. The van der Waals surface area contributed by atoms with Crippen LogP contribution in [0.2, 0.25) is 0 Å². The lowest BCUT2D eigenvalue weighted by Gasteiger charge is -2.07. The van der Waals surface area contributed by atoms with Crippen LogP contribution in [-0.4, -0.2) is 28.9 Å². The highest BCUT2D eigenvalue weighted by molar-refractivity contribution is 9.11. The van der Waals surface area contributed by atoms with E-state index in [1.165, 1.54) is 24.4 Å². The number of anilines is 1. The zero-order valence-corrected chi connectivity index (χ0v) is 14.9. The smallest absolute Gasteiger partial charge is 0.259 e. The minimum atomic E-state index is -0.339. The first kappa shape index (κ1) is 17.3. The van der Waals surface area contributed by atoms with E-state index in [1.807, 2.05) is 18.2 Å². The molecule has 1 amide bonds. The van der Waals surface area contributed by atoms with Gasteiger partial charge in [-0.05, 0) is 46.3 Å². The highest BCUT2D eigenvalue weighted by Gasteiger charge is 2.04. The SMILES string of the molecule is O=C(CNc1ccc(Br)cc1Br)N/N=C\c1ccc(O)cc1O. The van der Waals surface area contributed by atoms with E-state index in [4.69, 9.17) is 0 Å². The number of carbonyl (C=O) groups excluding carboxylic acids is 1. The summed E-state index contributed by atoms with van der Waals surface area (Å²) in [4.78, 5) is 11.7. The van der Waals surface area contributed by atoms with Crippen LogP contribution in [0, 0.1) is 0 Å². The molecular weight excluding hydrogens is 430 g/mol. The summed E-state index contributed by atoms with van der Waals surface area (Å²) in [6, 6.07) is 9.64. The van der Waals surface area contributed by atoms with Gasteiger partial charge in [0.2, 0.25) is 0 Å². The van der Waals surface area contributed by atoms with Crippen LogP contribution in [0.1, 0.15) is 5.56 Å². The molecule has 0 radical (unpaired) electrons. The zero-order chi connectivity index (χ0) is 16.8. The van der Waals surface area contributed by atoms with E-state index in [-0.39, 0.29) is 24.0 Å². The molecule has 0 bridgehead atoms. The molecule has 0 saturated carbocycles. The first-order valence-corrected chi connectivity index (χ1v) is 8.07. The third-order valence-electron chi connectivity index (χ3n) is 2.78. The van der Waals surface area contributed by atoms with Crippen molar-refractivity contribution in [3.8, 4) is 11.5 Å². The Hall–Kier alpha value is -2.06. The van der Waals surface area contributed by atoms with Gasteiger partial charge >= 0.3 is 0 Å². The molecule has 0 aliphatic carbocycles. The maximum atomic E-state index is 11.7. The normalized spacial score (nSPS) is 10.7. The van der Waals surface area contributed by atoms with Crippen LogP contribution < -0.4 is 10.7 Å². The summed E-state index contributed by atoms with van der Waals surface area (Å²) in [5, 5.41) is 25.5. The summed E-state index contributed by atoms with van der Waals surface area (Å²) in [6.45, 7) is 0.0408. The van der Waals surface area contributed by atoms with E-state index >= 15 is 0 Å². The molecule has 0 saturated heterocycles. The molecule has 0 aromatic heterocycles. The molecule has 4 N–H and O–H groups in total. The van der Waals surface area contributed by atoms with Crippen molar-refractivity contribution in [1.29, 1.82) is 0 Å². The Bertz CT molecular complexity index is 751. The fourth-order valence-corrected chi connectivity index (χ4v) is 2.85. The van der Waals surface area contributed by atoms with Crippen LogP contribution >= 0.6 is 31.9 Å². The standard InChI is InChI=1S/C15H13Br2N3O3/c16-10-2-4-13(12(17)5-10)18-8-15(23)20-19-7-9-1-3-11(21)6-14(9)22/h1-7,18,21-22H,8H2,(H,20,23)/b19-7-. The third kappa shape index (κ3) is 5.26. The van der Waals surface area contributed by atoms with E-state index < -0.39 is 0 Å². The zero-order valence-electron chi connectivity index (χ0n) is 11.8. The van der Waals surface area contributed by atoms with Crippen molar-refractivity contribution < 1.29 is 15.0 Å². The molecule has 2 aromatic carbocycles. The maximum Gasteiger partial charge on any atom is 0.259 e. The number of hydrogen-bond donors (Lipinski definition) is 4. The molecular formula is C15H13Br2N3O3. The lowest BCUT2D eigenvalue weighted by Crippen LogP contribution is -2.26. The van der Waals surface area contributed by atoms with Gasteiger partial charge in [0.05, 0.1) is 12.8 Å². The Balaban J connectivity index is 1.86. The second-order valence-electron chi connectivity index (χ2n) is 4.51. The summed E-state index contributed by atoms with van der Waals surface area (Å²) in [7, 11) is 0.